The van der Waals surface area contributed by atoms with Gasteiger partial charge in [-0.25, -0.2) is 0 Å². The maximum atomic E-state index is 11.9. The lowest BCUT2D eigenvalue weighted by molar-refractivity contribution is -0.384. The van der Waals surface area contributed by atoms with Crippen LogP contribution in [0.15, 0.2) is 54.6 Å². The molecular weight excluding hydrogens is 324 g/mol. The highest BCUT2D eigenvalue weighted by Crippen LogP contribution is 2.30. The minimum atomic E-state index is -0.477. The monoisotopic (exact) mass is 340 g/mol. The van der Waals surface area contributed by atoms with Crippen molar-refractivity contribution in [2.45, 2.75) is 6.10 Å². The van der Waals surface area contributed by atoms with Crippen LogP contribution in [0.1, 0.15) is 5.56 Å². The number of nitro groups is 1. The van der Waals surface area contributed by atoms with Gasteiger partial charge in [0.25, 0.3) is 5.69 Å². The number of amides is 1. The molecule has 1 amide bonds. The quantitative estimate of drug-likeness (QED) is 0.513. The Balaban J connectivity index is 1.52. The van der Waals surface area contributed by atoms with Gasteiger partial charge in [-0.3, -0.25) is 14.9 Å². The molecule has 1 N–H and O–H groups in total. The third kappa shape index (κ3) is 4.35. The molecule has 1 aliphatic rings. The lowest BCUT2D eigenvalue weighted by Crippen LogP contribution is -2.40. The Kier molecular flexibility index (Phi) is 4.94. The van der Waals surface area contributed by atoms with Crippen molar-refractivity contribution >= 4 is 17.7 Å². The smallest absolute Gasteiger partial charge is 0.270 e. The highest BCUT2D eigenvalue weighted by molar-refractivity contribution is 5.91. The number of nitrogens with one attached hydrogen (secondary N) is 1. The fraction of sp³-hybridized carbons (Fsp3) is 0.167. The summed E-state index contributed by atoms with van der Waals surface area (Å²) in [6.07, 6.45) is 2.58. The summed E-state index contributed by atoms with van der Waals surface area (Å²) >= 11 is 0. The molecule has 7 heteroatoms. The zero-order chi connectivity index (χ0) is 17.6. The number of hydrogen-bond donors (Lipinski definition) is 1. The maximum Gasteiger partial charge on any atom is 0.270 e. The summed E-state index contributed by atoms with van der Waals surface area (Å²) in [5, 5.41) is 13.5. The van der Waals surface area contributed by atoms with E-state index in [0.717, 1.165) is 0 Å². The van der Waals surface area contributed by atoms with E-state index in [2.05, 4.69) is 5.32 Å². The van der Waals surface area contributed by atoms with Crippen LogP contribution < -0.4 is 14.8 Å². The van der Waals surface area contributed by atoms with Gasteiger partial charge in [-0.2, -0.15) is 0 Å². The molecular formula is C18H16N2O5. The van der Waals surface area contributed by atoms with Gasteiger partial charge in [0.2, 0.25) is 5.91 Å². The van der Waals surface area contributed by atoms with Crippen molar-refractivity contribution in [3.63, 3.8) is 0 Å². The van der Waals surface area contributed by atoms with E-state index in [1.54, 1.807) is 12.1 Å². The molecule has 1 heterocycles. The van der Waals surface area contributed by atoms with Crippen LogP contribution in [-0.2, 0) is 4.79 Å². The number of nitrogens with zero attached hydrogens (tertiary/aromatic N) is 1. The van der Waals surface area contributed by atoms with E-state index in [1.807, 2.05) is 24.3 Å². The molecule has 1 unspecified atom stereocenters. The van der Waals surface area contributed by atoms with Gasteiger partial charge >= 0.3 is 0 Å². The van der Waals surface area contributed by atoms with E-state index in [1.165, 1.54) is 24.3 Å². The third-order valence-corrected chi connectivity index (χ3v) is 3.58. The normalized spacial score (nSPS) is 15.8. The van der Waals surface area contributed by atoms with Gasteiger partial charge in [0.05, 0.1) is 11.5 Å². The standard InChI is InChI=1S/C18H16N2O5/c21-18(9-8-13-4-3-5-14(10-13)20(22)23)19-11-15-12-24-16-6-1-2-7-17(16)25-15/h1-10,15H,11-12H2,(H,19,21)/b9-8+. The van der Waals surface area contributed by atoms with Gasteiger partial charge < -0.3 is 14.8 Å². The van der Waals surface area contributed by atoms with E-state index in [0.29, 0.717) is 30.2 Å². The van der Waals surface area contributed by atoms with Crippen LogP contribution in [0.25, 0.3) is 6.08 Å². The second kappa shape index (κ2) is 7.48. The molecule has 0 aromatic heterocycles. The number of hydrogen-bond acceptors (Lipinski definition) is 5. The molecule has 0 spiro atoms. The van der Waals surface area contributed by atoms with Crippen molar-refractivity contribution in [1.29, 1.82) is 0 Å². The highest BCUT2D eigenvalue weighted by Gasteiger charge is 2.20. The first-order chi connectivity index (χ1) is 12.1. The lowest BCUT2D eigenvalue weighted by Gasteiger charge is -2.26. The molecule has 2 aromatic rings. The summed E-state index contributed by atoms with van der Waals surface area (Å²) in [4.78, 5) is 22.2. The van der Waals surface area contributed by atoms with E-state index in [-0.39, 0.29) is 17.7 Å². The number of ether oxygens (including phenoxy) is 2. The van der Waals surface area contributed by atoms with Crippen LogP contribution in [0.3, 0.4) is 0 Å². The first kappa shape index (κ1) is 16.5. The predicted molar refractivity (Wildman–Crippen MR) is 91.5 cm³/mol. The Morgan fingerprint density at radius 1 is 1.24 bits per heavy atom. The zero-order valence-electron chi connectivity index (χ0n) is 13.3. The van der Waals surface area contributed by atoms with Crippen LogP contribution in [0.5, 0.6) is 11.5 Å². The molecule has 0 radical (unpaired) electrons. The third-order valence-electron chi connectivity index (χ3n) is 3.58. The van der Waals surface area contributed by atoms with E-state index in [9.17, 15) is 14.9 Å². The van der Waals surface area contributed by atoms with Crippen molar-refractivity contribution < 1.29 is 19.2 Å². The number of rotatable bonds is 5. The molecule has 1 aliphatic heterocycles. The number of nitro benzene ring substituents is 1. The second-order valence-electron chi connectivity index (χ2n) is 5.43. The summed E-state index contributed by atoms with van der Waals surface area (Å²) in [6.45, 7) is 0.651. The molecule has 3 rings (SSSR count). The summed E-state index contributed by atoms with van der Waals surface area (Å²) < 4.78 is 11.3. The average Bonchev–Trinajstić information content (AvgIpc) is 2.64. The number of fused-ring (bicyclic) bond motifs is 1. The molecule has 25 heavy (non-hydrogen) atoms. The first-order valence-electron chi connectivity index (χ1n) is 7.70. The van der Waals surface area contributed by atoms with Gasteiger partial charge in [-0.15, -0.1) is 0 Å². The number of carbonyl (C=O) groups excluding carboxylic acids is 1. The molecule has 0 saturated heterocycles. The van der Waals surface area contributed by atoms with Gasteiger partial charge in [0, 0.05) is 18.2 Å². The summed E-state index contributed by atoms with van der Waals surface area (Å²) in [5.41, 5.74) is 0.560. The van der Waals surface area contributed by atoms with Crippen LogP contribution >= 0.6 is 0 Å². The fourth-order valence-corrected chi connectivity index (χ4v) is 2.35. The maximum absolute atomic E-state index is 11.9. The Morgan fingerprint density at radius 3 is 2.84 bits per heavy atom. The SMILES string of the molecule is O=C(/C=C/c1cccc([N+](=O)[O-])c1)NCC1COc2ccccc2O1. The minimum absolute atomic E-state index is 0.0195. The molecule has 0 aliphatic carbocycles. The van der Waals surface area contributed by atoms with Crippen molar-refractivity contribution in [3.8, 4) is 11.5 Å². The summed E-state index contributed by atoms with van der Waals surface area (Å²) in [7, 11) is 0. The van der Waals surface area contributed by atoms with Crippen LogP contribution in [0.2, 0.25) is 0 Å². The minimum Gasteiger partial charge on any atom is -0.486 e. The molecule has 0 fully saturated rings. The van der Waals surface area contributed by atoms with Gasteiger partial charge in [0.15, 0.2) is 11.5 Å². The topological polar surface area (TPSA) is 90.7 Å². The van der Waals surface area contributed by atoms with Crippen molar-refractivity contribution in [2.24, 2.45) is 0 Å². The number of carbonyl (C=O) groups is 1. The molecule has 128 valence electrons. The molecule has 1 atom stereocenters. The van der Waals surface area contributed by atoms with E-state index in [4.69, 9.17) is 9.47 Å². The van der Waals surface area contributed by atoms with Crippen LogP contribution in [0.4, 0.5) is 5.69 Å². The fourth-order valence-electron chi connectivity index (χ4n) is 2.35. The largest absolute Gasteiger partial charge is 0.486 e. The molecule has 0 bridgehead atoms. The highest BCUT2D eigenvalue weighted by atomic mass is 16.6. The Hall–Kier alpha value is -3.35. The first-order valence-corrected chi connectivity index (χ1v) is 7.70. The number of benzene rings is 2. The average molecular weight is 340 g/mol. The van der Waals surface area contributed by atoms with Crippen molar-refractivity contribution in [1.82, 2.24) is 5.32 Å². The van der Waals surface area contributed by atoms with Crippen molar-refractivity contribution in [2.75, 3.05) is 13.2 Å². The van der Waals surface area contributed by atoms with E-state index >= 15 is 0 Å². The Morgan fingerprint density at radius 2 is 2.04 bits per heavy atom. The van der Waals surface area contributed by atoms with Gasteiger partial charge in [-0.1, -0.05) is 24.3 Å². The Bertz CT molecular complexity index is 819. The lowest BCUT2D eigenvalue weighted by atomic mass is 10.2. The van der Waals surface area contributed by atoms with Gasteiger partial charge in [0.1, 0.15) is 12.7 Å². The molecule has 7 nitrogen and oxygen atoms in total. The second-order valence-corrected chi connectivity index (χ2v) is 5.43. The number of non-ortho nitro benzene ring substituents is 1. The van der Waals surface area contributed by atoms with Crippen molar-refractivity contribution in [3.05, 3.63) is 70.3 Å². The zero-order valence-corrected chi connectivity index (χ0v) is 13.3. The number of para-hydroxylation sites is 2. The predicted octanol–water partition coefficient (Wildman–Crippen LogP) is 2.56. The summed E-state index contributed by atoms with van der Waals surface area (Å²) in [5.74, 6) is 1.03. The molecule has 2 aromatic carbocycles. The van der Waals surface area contributed by atoms with E-state index < -0.39 is 4.92 Å². The summed E-state index contributed by atoms with van der Waals surface area (Å²) in [6, 6.07) is 13.4. The Labute approximate surface area is 144 Å². The van der Waals surface area contributed by atoms with Crippen LogP contribution in [-0.4, -0.2) is 30.1 Å². The van der Waals surface area contributed by atoms with Gasteiger partial charge in [-0.05, 0) is 23.8 Å². The van der Waals surface area contributed by atoms with Crippen LogP contribution in [0, 0.1) is 10.1 Å². The molecule has 0 saturated carbocycles.